The number of rotatable bonds is 0. The van der Waals surface area contributed by atoms with Crippen LogP contribution in [0.4, 0.5) is 4.79 Å². The van der Waals surface area contributed by atoms with Crippen molar-refractivity contribution < 1.29 is 9.53 Å². The highest BCUT2D eigenvalue weighted by Gasteiger charge is 2.36. The van der Waals surface area contributed by atoms with E-state index in [1.54, 1.807) is 0 Å². The topological polar surface area (TPSA) is 41.6 Å². The molecule has 0 spiro atoms. The number of fused-ring (bicyclic) bond motifs is 2. The molecule has 2 atom stereocenters. The predicted molar refractivity (Wildman–Crippen MR) is 61.0 cm³/mol. The standard InChI is InChI=1S/C10H18N2O2S/c1-10(2,3)14-9(13)12-4-7-6-15-8(5-12)11-7/h7-8,11H,4-6H2,1-3H3/t7-,8-/m1/s1. The minimum Gasteiger partial charge on any atom is -0.444 e. The maximum absolute atomic E-state index is 11.8. The smallest absolute Gasteiger partial charge is 0.410 e. The van der Waals surface area contributed by atoms with Crippen LogP contribution in [0, 0.1) is 0 Å². The molecule has 0 aliphatic carbocycles. The quantitative estimate of drug-likeness (QED) is 0.680. The number of carbonyl (C=O) groups excluding carboxylic acids is 1. The summed E-state index contributed by atoms with van der Waals surface area (Å²) < 4.78 is 5.35. The Morgan fingerprint density at radius 2 is 2.20 bits per heavy atom. The predicted octanol–water partition coefficient (Wildman–Crippen LogP) is 1.27. The number of hydrogen-bond acceptors (Lipinski definition) is 4. The highest BCUT2D eigenvalue weighted by Crippen LogP contribution is 2.25. The molecule has 0 aromatic rings. The molecule has 0 unspecified atom stereocenters. The number of thioether (sulfide) groups is 1. The van der Waals surface area contributed by atoms with Crippen molar-refractivity contribution in [1.29, 1.82) is 0 Å². The summed E-state index contributed by atoms with van der Waals surface area (Å²) in [5.74, 6) is 1.10. The summed E-state index contributed by atoms with van der Waals surface area (Å²) in [5, 5.41) is 3.85. The second-order valence-corrected chi connectivity index (χ2v) is 6.31. The van der Waals surface area contributed by atoms with E-state index in [1.807, 2.05) is 37.4 Å². The molecule has 0 radical (unpaired) electrons. The third kappa shape index (κ3) is 2.78. The summed E-state index contributed by atoms with van der Waals surface area (Å²) in [5.41, 5.74) is -0.395. The molecule has 4 nitrogen and oxygen atoms in total. The van der Waals surface area contributed by atoms with Gasteiger partial charge in [0.2, 0.25) is 0 Å². The molecule has 1 amide bonds. The van der Waals surface area contributed by atoms with Crippen molar-refractivity contribution in [1.82, 2.24) is 10.2 Å². The van der Waals surface area contributed by atoms with E-state index in [0.29, 0.717) is 11.4 Å². The van der Waals surface area contributed by atoms with Crippen LogP contribution in [0.2, 0.25) is 0 Å². The largest absolute Gasteiger partial charge is 0.444 e. The first-order chi connectivity index (χ1) is 6.94. The first-order valence-corrected chi connectivity index (χ1v) is 6.34. The van der Waals surface area contributed by atoms with Gasteiger partial charge in [-0.2, -0.15) is 0 Å². The van der Waals surface area contributed by atoms with Gasteiger partial charge in [0.1, 0.15) is 5.60 Å². The molecule has 2 aliphatic heterocycles. The normalized spacial score (nSPS) is 30.5. The van der Waals surface area contributed by atoms with Crippen molar-refractivity contribution in [3.63, 3.8) is 0 Å². The third-order valence-corrected chi connectivity index (χ3v) is 3.68. The third-order valence-electron chi connectivity index (χ3n) is 2.40. The van der Waals surface area contributed by atoms with Crippen LogP contribution in [0.3, 0.4) is 0 Å². The van der Waals surface area contributed by atoms with Crippen LogP contribution in [-0.2, 0) is 4.74 Å². The van der Waals surface area contributed by atoms with Gasteiger partial charge in [0.05, 0.1) is 5.37 Å². The Kier molecular flexibility index (Phi) is 2.85. The lowest BCUT2D eigenvalue weighted by molar-refractivity contribution is 0.0200. The zero-order valence-corrected chi connectivity index (χ0v) is 10.3. The van der Waals surface area contributed by atoms with E-state index in [2.05, 4.69) is 5.32 Å². The average Bonchev–Trinajstić information content (AvgIpc) is 2.42. The number of piperazine rings is 1. The van der Waals surface area contributed by atoms with E-state index in [9.17, 15) is 4.79 Å². The van der Waals surface area contributed by atoms with Crippen molar-refractivity contribution in [2.45, 2.75) is 37.8 Å². The molecule has 0 aromatic carbocycles. The Labute approximate surface area is 94.7 Å². The molecule has 2 fully saturated rings. The van der Waals surface area contributed by atoms with Gasteiger partial charge in [0, 0.05) is 24.9 Å². The van der Waals surface area contributed by atoms with Gasteiger partial charge >= 0.3 is 6.09 Å². The van der Waals surface area contributed by atoms with Crippen LogP contribution in [0.1, 0.15) is 20.8 Å². The molecule has 2 rings (SSSR count). The van der Waals surface area contributed by atoms with Crippen LogP contribution in [0.15, 0.2) is 0 Å². The average molecular weight is 230 g/mol. The Bertz CT molecular complexity index is 253. The minimum atomic E-state index is -0.395. The molecular weight excluding hydrogens is 212 g/mol. The molecule has 15 heavy (non-hydrogen) atoms. The number of carbonyl (C=O) groups is 1. The van der Waals surface area contributed by atoms with E-state index in [-0.39, 0.29) is 6.09 Å². The molecule has 86 valence electrons. The van der Waals surface area contributed by atoms with Gasteiger partial charge in [-0.1, -0.05) is 0 Å². The molecule has 0 aromatic heterocycles. The molecule has 1 N–H and O–H groups in total. The van der Waals surface area contributed by atoms with Crippen molar-refractivity contribution >= 4 is 17.9 Å². The van der Waals surface area contributed by atoms with Gasteiger partial charge in [0.25, 0.3) is 0 Å². The fraction of sp³-hybridized carbons (Fsp3) is 0.900. The number of hydrogen-bond donors (Lipinski definition) is 1. The van der Waals surface area contributed by atoms with Crippen molar-refractivity contribution in [3.8, 4) is 0 Å². The Morgan fingerprint density at radius 3 is 2.80 bits per heavy atom. The number of amides is 1. The van der Waals surface area contributed by atoms with E-state index < -0.39 is 5.60 Å². The zero-order chi connectivity index (χ0) is 11.1. The fourth-order valence-electron chi connectivity index (χ4n) is 1.82. The Morgan fingerprint density at radius 1 is 1.47 bits per heavy atom. The van der Waals surface area contributed by atoms with Crippen molar-refractivity contribution in [2.75, 3.05) is 18.8 Å². The van der Waals surface area contributed by atoms with Crippen LogP contribution >= 0.6 is 11.8 Å². The van der Waals surface area contributed by atoms with E-state index >= 15 is 0 Å². The number of ether oxygens (including phenoxy) is 1. The number of nitrogens with zero attached hydrogens (tertiary/aromatic N) is 1. The zero-order valence-electron chi connectivity index (χ0n) is 9.45. The lowest BCUT2D eigenvalue weighted by atomic mass is 10.2. The minimum absolute atomic E-state index is 0.179. The first-order valence-electron chi connectivity index (χ1n) is 5.29. The first kappa shape index (κ1) is 11.1. The fourth-order valence-corrected chi connectivity index (χ4v) is 3.06. The molecular formula is C10H18N2O2S. The van der Waals surface area contributed by atoms with E-state index in [0.717, 1.165) is 18.8 Å². The van der Waals surface area contributed by atoms with E-state index in [4.69, 9.17) is 4.74 Å². The Hall–Kier alpha value is -0.420. The summed E-state index contributed by atoms with van der Waals surface area (Å²) in [6, 6.07) is 0.446. The lowest BCUT2D eigenvalue weighted by Gasteiger charge is -2.33. The monoisotopic (exact) mass is 230 g/mol. The van der Waals surface area contributed by atoms with Crippen molar-refractivity contribution in [2.24, 2.45) is 0 Å². The molecule has 2 aliphatic rings. The summed E-state index contributed by atoms with van der Waals surface area (Å²) in [6.45, 7) is 7.23. The second-order valence-electron chi connectivity index (χ2n) is 5.07. The molecule has 0 saturated carbocycles. The highest BCUT2D eigenvalue weighted by molar-refractivity contribution is 8.00. The van der Waals surface area contributed by atoms with Crippen LogP contribution in [0.5, 0.6) is 0 Å². The van der Waals surface area contributed by atoms with Gasteiger partial charge in [-0.3, -0.25) is 5.32 Å². The summed E-state index contributed by atoms with van der Waals surface area (Å²) in [7, 11) is 0. The SMILES string of the molecule is CC(C)(C)OC(=O)N1C[C@@H]2CS[C@H](C1)N2. The van der Waals surface area contributed by atoms with Crippen LogP contribution in [-0.4, -0.2) is 46.9 Å². The van der Waals surface area contributed by atoms with Gasteiger partial charge in [0.15, 0.2) is 0 Å². The molecule has 2 saturated heterocycles. The van der Waals surface area contributed by atoms with Gasteiger partial charge in [-0.15, -0.1) is 11.8 Å². The molecule has 5 heteroatoms. The van der Waals surface area contributed by atoms with Gasteiger partial charge in [-0.05, 0) is 20.8 Å². The molecule has 2 bridgehead atoms. The van der Waals surface area contributed by atoms with Gasteiger partial charge < -0.3 is 9.64 Å². The summed E-state index contributed by atoms with van der Waals surface area (Å²) in [6.07, 6.45) is -0.179. The Balaban J connectivity index is 1.91. The van der Waals surface area contributed by atoms with Crippen molar-refractivity contribution in [3.05, 3.63) is 0 Å². The summed E-state index contributed by atoms with van der Waals surface area (Å²) in [4.78, 5) is 13.6. The maximum Gasteiger partial charge on any atom is 0.410 e. The number of nitrogens with one attached hydrogen (secondary N) is 1. The van der Waals surface area contributed by atoms with E-state index in [1.165, 1.54) is 0 Å². The maximum atomic E-state index is 11.8. The summed E-state index contributed by atoms with van der Waals surface area (Å²) >= 11 is 1.89. The highest BCUT2D eigenvalue weighted by atomic mass is 32.2. The van der Waals surface area contributed by atoms with Gasteiger partial charge in [-0.25, -0.2) is 4.79 Å². The van der Waals surface area contributed by atoms with Crippen LogP contribution in [0.25, 0.3) is 0 Å². The van der Waals surface area contributed by atoms with Crippen LogP contribution < -0.4 is 5.32 Å². The second kappa shape index (κ2) is 3.87. The molecule has 2 heterocycles. The lowest BCUT2D eigenvalue weighted by Crippen LogP contribution is -2.54.